The lowest BCUT2D eigenvalue weighted by molar-refractivity contribution is -0.123. The lowest BCUT2D eigenvalue weighted by Gasteiger charge is -2.60. The van der Waals surface area contributed by atoms with E-state index in [2.05, 4.69) is 42.8 Å². The minimum absolute atomic E-state index is 0.547. The molecule has 0 amide bonds. The Morgan fingerprint density at radius 3 is 1.92 bits per heavy atom. The van der Waals surface area contributed by atoms with E-state index in [0.717, 1.165) is 52.0 Å². The summed E-state index contributed by atoms with van der Waals surface area (Å²) in [7, 11) is 0. The van der Waals surface area contributed by atoms with E-state index in [9.17, 15) is 0 Å². The molecule has 0 aromatic rings. The molecule has 2 fully saturated rings. The molecule has 0 aromatic carbocycles. The van der Waals surface area contributed by atoms with Gasteiger partial charge in [0, 0.05) is 63.9 Å². The zero-order valence-electron chi connectivity index (χ0n) is 17.8. The van der Waals surface area contributed by atoms with Crippen LogP contribution in [0.15, 0.2) is 0 Å². The normalized spacial score (nSPS) is 20.1. The Bertz CT molecular complexity index is 362. The molecule has 154 valence electrons. The summed E-state index contributed by atoms with van der Waals surface area (Å²) in [5, 5.41) is 3.38. The molecule has 2 heterocycles. The highest BCUT2D eigenvalue weighted by atomic mass is 16.5. The number of nitrogens with one attached hydrogen (secondary N) is 1. The second kappa shape index (κ2) is 11.6. The quantitative estimate of drug-likeness (QED) is 0.449. The zero-order valence-corrected chi connectivity index (χ0v) is 17.8. The number of rotatable bonds is 15. The van der Waals surface area contributed by atoms with Gasteiger partial charge in [0.25, 0.3) is 0 Å². The fourth-order valence-electron chi connectivity index (χ4n) is 4.09. The van der Waals surface area contributed by atoms with Crippen LogP contribution >= 0.6 is 0 Å². The molecule has 5 nitrogen and oxygen atoms in total. The van der Waals surface area contributed by atoms with Crippen molar-refractivity contribution < 1.29 is 9.47 Å². The van der Waals surface area contributed by atoms with Gasteiger partial charge in [-0.25, -0.2) is 0 Å². The van der Waals surface area contributed by atoms with E-state index in [1.807, 2.05) is 0 Å². The zero-order chi connectivity index (χ0) is 18.8. The highest BCUT2D eigenvalue weighted by Crippen LogP contribution is 2.38. The van der Waals surface area contributed by atoms with Gasteiger partial charge in [0.1, 0.15) is 0 Å². The van der Waals surface area contributed by atoms with Gasteiger partial charge in [0.2, 0.25) is 0 Å². The third-order valence-corrected chi connectivity index (χ3v) is 5.46. The van der Waals surface area contributed by atoms with Crippen LogP contribution in [0.25, 0.3) is 0 Å². The van der Waals surface area contributed by atoms with Gasteiger partial charge in [-0.15, -0.1) is 0 Å². The van der Waals surface area contributed by atoms with E-state index in [1.165, 1.54) is 45.4 Å². The van der Waals surface area contributed by atoms with Crippen molar-refractivity contribution in [2.24, 2.45) is 11.3 Å². The van der Waals surface area contributed by atoms with Crippen LogP contribution in [-0.4, -0.2) is 88.1 Å². The van der Waals surface area contributed by atoms with Gasteiger partial charge < -0.3 is 14.8 Å². The molecule has 5 heteroatoms. The Morgan fingerprint density at radius 1 is 0.808 bits per heavy atom. The SMILES string of the molecule is CC(C)CCCCOCCN1CC2(C1)CN(CCOCCNC(C)C)C2. The Labute approximate surface area is 161 Å². The molecule has 1 N–H and O–H groups in total. The van der Waals surface area contributed by atoms with Crippen LogP contribution in [0, 0.1) is 11.3 Å². The van der Waals surface area contributed by atoms with Gasteiger partial charge >= 0.3 is 0 Å². The Kier molecular flexibility index (Phi) is 9.86. The fourth-order valence-corrected chi connectivity index (χ4v) is 4.09. The molecule has 0 bridgehead atoms. The lowest BCUT2D eigenvalue weighted by Crippen LogP contribution is -2.72. The van der Waals surface area contributed by atoms with Gasteiger partial charge in [-0.1, -0.05) is 40.5 Å². The highest BCUT2D eigenvalue weighted by molar-refractivity contribution is 5.05. The van der Waals surface area contributed by atoms with Crippen LogP contribution in [-0.2, 0) is 9.47 Å². The summed E-state index contributed by atoms with van der Waals surface area (Å²) < 4.78 is 11.5. The van der Waals surface area contributed by atoms with Crippen molar-refractivity contribution in [1.29, 1.82) is 0 Å². The lowest BCUT2D eigenvalue weighted by atomic mass is 9.73. The van der Waals surface area contributed by atoms with Crippen LogP contribution in [0.5, 0.6) is 0 Å². The summed E-state index contributed by atoms with van der Waals surface area (Å²) in [4.78, 5) is 5.10. The average molecular weight is 370 g/mol. The van der Waals surface area contributed by atoms with E-state index in [-0.39, 0.29) is 0 Å². The molecule has 0 aliphatic carbocycles. The van der Waals surface area contributed by atoms with Crippen molar-refractivity contribution in [3.05, 3.63) is 0 Å². The first-order chi connectivity index (χ1) is 12.5. The molecule has 0 aromatic heterocycles. The predicted octanol–water partition coefficient (Wildman–Crippen LogP) is 2.46. The van der Waals surface area contributed by atoms with E-state index in [0.29, 0.717) is 11.5 Å². The molecular weight excluding hydrogens is 326 g/mol. The smallest absolute Gasteiger partial charge is 0.0594 e. The largest absolute Gasteiger partial charge is 0.380 e. The predicted molar refractivity (Wildman–Crippen MR) is 109 cm³/mol. The third-order valence-electron chi connectivity index (χ3n) is 5.46. The topological polar surface area (TPSA) is 37.0 Å². The molecule has 0 radical (unpaired) electrons. The van der Waals surface area contributed by atoms with E-state index in [4.69, 9.17) is 9.47 Å². The van der Waals surface area contributed by atoms with Crippen LogP contribution in [0.1, 0.15) is 47.0 Å². The van der Waals surface area contributed by atoms with Crippen LogP contribution in [0.4, 0.5) is 0 Å². The maximum absolute atomic E-state index is 5.79. The summed E-state index contributed by atoms with van der Waals surface area (Å²) in [5.41, 5.74) is 0.594. The molecule has 2 aliphatic rings. The fraction of sp³-hybridized carbons (Fsp3) is 1.00. The second-order valence-corrected chi connectivity index (χ2v) is 9.14. The van der Waals surface area contributed by atoms with Gasteiger partial charge in [-0.3, -0.25) is 9.80 Å². The number of hydrogen-bond donors (Lipinski definition) is 1. The molecule has 0 unspecified atom stereocenters. The van der Waals surface area contributed by atoms with Crippen LogP contribution in [0.2, 0.25) is 0 Å². The Balaban J connectivity index is 1.35. The monoisotopic (exact) mass is 369 g/mol. The first kappa shape index (κ1) is 22.1. The molecular formula is C21H43N3O2. The number of nitrogens with zero attached hydrogens (tertiary/aromatic N) is 2. The number of likely N-dealkylation sites (tertiary alicyclic amines) is 2. The number of ether oxygens (including phenoxy) is 2. The molecule has 0 atom stereocenters. The highest BCUT2D eigenvalue weighted by Gasteiger charge is 2.50. The molecule has 2 aliphatic heterocycles. The molecule has 2 saturated heterocycles. The standard InChI is InChI=1S/C21H43N3O2/c1-19(2)7-5-6-11-25-13-9-23-15-21(16-23)17-24(18-21)10-14-26-12-8-22-20(3)4/h19-20,22H,5-18H2,1-4H3. The molecule has 2 rings (SSSR count). The van der Waals surface area contributed by atoms with Crippen molar-refractivity contribution in [2.45, 2.75) is 53.0 Å². The van der Waals surface area contributed by atoms with Gasteiger partial charge in [-0.2, -0.15) is 0 Å². The first-order valence-corrected chi connectivity index (χ1v) is 10.8. The summed E-state index contributed by atoms with van der Waals surface area (Å²) in [6.45, 7) is 20.6. The minimum Gasteiger partial charge on any atom is -0.380 e. The van der Waals surface area contributed by atoms with E-state index < -0.39 is 0 Å². The number of hydrogen-bond acceptors (Lipinski definition) is 5. The summed E-state index contributed by atoms with van der Waals surface area (Å²) in [5.74, 6) is 0.822. The number of unbranched alkanes of at least 4 members (excludes halogenated alkanes) is 1. The maximum atomic E-state index is 5.79. The minimum atomic E-state index is 0.547. The first-order valence-electron chi connectivity index (χ1n) is 10.8. The average Bonchev–Trinajstić information content (AvgIpc) is 2.50. The third kappa shape index (κ3) is 8.22. The van der Waals surface area contributed by atoms with Crippen LogP contribution < -0.4 is 5.32 Å². The Morgan fingerprint density at radius 2 is 1.38 bits per heavy atom. The van der Waals surface area contributed by atoms with Gasteiger partial charge in [0.15, 0.2) is 0 Å². The summed E-state index contributed by atoms with van der Waals surface area (Å²) in [6, 6.07) is 0.547. The Hall–Kier alpha value is -0.200. The molecule has 26 heavy (non-hydrogen) atoms. The van der Waals surface area contributed by atoms with Crippen molar-refractivity contribution >= 4 is 0 Å². The van der Waals surface area contributed by atoms with Gasteiger partial charge in [-0.05, 0) is 12.3 Å². The molecule has 1 spiro atoms. The molecule has 0 saturated carbocycles. The van der Waals surface area contributed by atoms with Crippen molar-refractivity contribution in [2.75, 3.05) is 72.2 Å². The van der Waals surface area contributed by atoms with E-state index >= 15 is 0 Å². The van der Waals surface area contributed by atoms with Crippen molar-refractivity contribution in [3.63, 3.8) is 0 Å². The second-order valence-electron chi connectivity index (χ2n) is 9.14. The summed E-state index contributed by atoms with van der Waals surface area (Å²) in [6.07, 6.45) is 3.85. The van der Waals surface area contributed by atoms with Gasteiger partial charge in [0.05, 0.1) is 19.8 Å². The van der Waals surface area contributed by atoms with Crippen LogP contribution in [0.3, 0.4) is 0 Å². The maximum Gasteiger partial charge on any atom is 0.0594 e. The summed E-state index contributed by atoms with van der Waals surface area (Å²) >= 11 is 0. The van der Waals surface area contributed by atoms with E-state index in [1.54, 1.807) is 0 Å². The van der Waals surface area contributed by atoms with Crippen molar-refractivity contribution in [3.8, 4) is 0 Å². The van der Waals surface area contributed by atoms with Crippen molar-refractivity contribution in [1.82, 2.24) is 15.1 Å².